The molecule has 126 valence electrons. The third-order valence-electron chi connectivity index (χ3n) is 3.34. The number of carbonyl (C=O) groups excluding carboxylic acids is 2. The molecule has 1 aromatic heterocycles. The summed E-state index contributed by atoms with van der Waals surface area (Å²) in [6.07, 6.45) is 1.32. The smallest absolute Gasteiger partial charge is 0.294 e. The SMILES string of the molecule is O=C(NNC(=O)c1nn(-c2ccccc2)cc1O)c1ccccc1Br. The second-order valence-corrected chi connectivity index (χ2v) is 5.89. The molecule has 0 aliphatic carbocycles. The average Bonchev–Trinajstić information content (AvgIpc) is 3.02. The van der Waals surface area contributed by atoms with Crippen LogP contribution < -0.4 is 10.9 Å². The fourth-order valence-electron chi connectivity index (χ4n) is 2.12. The molecule has 3 aromatic rings. The van der Waals surface area contributed by atoms with Gasteiger partial charge in [-0.1, -0.05) is 30.3 Å². The van der Waals surface area contributed by atoms with Crippen LogP contribution in [0.5, 0.6) is 5.75 Å². The molecule has 0 bridgehead atoms. The topological polar surface area (TPSA) is 96.3 Å². The van der Waals surface area contributed by atoms with Crippen molar-refractivity contribution in [2.75, 3.05) is 0 Å². The minimum Gasteiger partial charge on any atom is -0.504 e. The lowest BCUT2D eigenvalue weighted by molar-refractivity contribution is 0.0841. The fraction of sp³-hybridized carbons (Fsp3) is 0. The summed E-state index contributed by atoms with van der Waals surface area (Å²) in [6, 6.07) is 15.8. The molecule has 1 heterocycles. The minimum absolute atomic E-state index is 0.198. The molecule has 3 rings (SSSR count). The summed E-state index contributed by atoms with van der Waals surface area (Å²) in [5.74, 6) is -1.52. The third kappa shape index (κ3) is 3.69. The molecule has 0 atom stereocenters. The molecule has 0 unspecified atom stereocenters. The maximum absolute atomic E-state index is 12.2. The number of nitrogens with one attached hydrogen (secondary N) is 2. The van der Waals surface area contributed by atoms with Crippen LogP contribution in [-0.4, -0.2) is 26.7 Å². The average molecular weight is 401 g/mol. The number of carbonyl (C=O) groups is 2. The zero-order valence-corrected chi connectivity index (χ0v) is 14.4. The molecule has 25 heavy (non-hydrogen) atoms. The van der Waals surface area contributed by atoms with Gasteiger partial charge < -0.3 is 5.11 Å². The van der Waals surface area contributed by atoms with Crippen molar-refractivity contribution in [3.05, 3.63) is 76.5 Å². The van der Waals surface area contributed by atoms with E-state index in [1.54, 1.807) is 36.4 Å². The first-order valence-electron chi connectivity index (χ1n) is 7.25. The predicted octanol–water partition coefficient (Wildman–Crippen LogP) is 2.42. The van der Waals surface area contributed by atoms with E-state index in [0.29, 0.717) is 15.7 Å². The molecule has 0 saturated carbocycles. The first-order chi connectivity index (χ1) is 12.1. The van der Waals surface area contributed by atoms with Gasteiger partial charge in [-0.05, 0) is 40.2 Å². The van der Waals surface area contributed by atoms with Crippen LogP contribution in [0.3, 0.4) is 0 Å². The van der Waals surface area contributed by atoms with Crippen LogP contribution in [0.1, 0.15) is 20.8 Å². The summed E-state index contributed by atoms with van der Waals surface area (Å²) in [4.78, 5) is 24.2. The Morgan fingerprint density at radius 2 is 1.60 bits per heavy atom. The van der Waals surface area contributed by atoms with Crippen molar-refractivity contribution in [1.82, 2.24) is 20.6 Å². The molecule has 7 nitrogen and oxygen atoms in total. The second-order valence-electron chi connectivity index (χ2n) is 5.03. The van der Waals surface area contributed by atoms with Crippen LogP contribution >= 0.6 is 15.9 Å². The summed E-state index contributed by atoms with van der Waals surface area (Å²) in [6.45, 7) is 0. The summed E-state index contributed by atoms with van der Waals surface area (Å²) in [5, 5.41) is 14.0. The lowest BCUT2D eigenvalue weighted by Gasteiger charge is -2.07. The summed E-state index contributed by atoms with van der Waals surface area (Å²) in [5.41, 5.74) is 5.37. The number of hydrazine groups is 1. The molecular weight excluding hydrogens is 388 g/mol. The van der Waals surface area contributed by atoms with Crippen LogP contribution in [-0.2, 0) is 0 Å². The van der Waals surface area contributed by atoms with Crippen LogP contribution in [0.15, 0.2) is 65.3 Å². The van der Waals surface area contributed by atoms with Gasteiger partial charge in [0.25, 0.3) is 11.8 Å². The molecule has 0 aliphatic heterocycles. The molecule has 0 spiro atoms. The Kier molecular flexibility index (Phi) is 4.80. The molecule has 8 heteroatoms. The highest BCUT2D eigenvalue weighted by Crippen LogP contribution is 2.18. The first-order valence-corrected chi connectivity index (χ1v) is 8.05. The van der Waals surface area contributed by atoms with Crippen molar-refractivity contribution in [3.63, 3.8) is 0 Å². The van der Waals surface area contributed by atoms with Gasteiger partial charge in [0.2, 0.25) is 0 Å². The highest BCUT2D eigenvalue weighted by molar-refractivity contribution is 9.10. The van der Waals surface area contributed by atoms with E-state index < -0.39 is 11.8 Å². The number of halogens is 1. The van der Waals surface area contributed by atoms with Crippen LogP contribution in [0.4, 0.5) is 0 Å². The Morgan fingerprint density at radius 1 is 0.960 bits per heavy atom. The van der Waals surface area contributed by atoms with E-state index in [-0.39, 0.29) is 11.4 Å². The van der Waals surface area contributed by atoms with E-state index in [1.165, 1.54) is 10.9 Å². The van der Waals surface area contributed by atoms with Crippen molar-refractivity contribution in [2.24, 2.45) is 0 Å². The molecule has 2 amide bonds. The molecule has 3 N–H and O–H groups in total. The van der Waals surface area contributed by atoms with Gasteiger partial charge in [0, 0.05) is 4.47 Å². The highest BCUT2D eigenvalue weighted by atomic mass is 79.9. The van der Waals surface area contributed by atoms with Gasteiger partial charge in [0.05, 0.1) is 17.4 Å². The van der Waals surface area contributed by atoms with Crippen LogP contribution in [0, 0.1) is 0 Å². The number of benzene rings is 2. The van der Waals surface area contributed by atoms with Crippen molar-refractivity contribution >= 4 is 27.7 Å². The molecule has 0 aliphatic rings. The van der Waals surface area contributed by atoms with E-state index in [1.807, 2.05) is 18.2 Å². The zero-order chi connectivity index (χ0) is 17.8. The highest BCUT2D eigenvalue weighted by Gasteiger charge is 2.18. The third-order valence-corrected chi connectivity index (χ3v) is 4.03. The number of nitrogens with zero attached hydrogens (tertiary/aromatic N) is 2. The van der Waals surface area contributed by atoms with E-state index in [0.717, 1.165) is 0 Å². The quantitative estimate of drug-likeness (QED) is 0.588. The van der Waals surface area contributed by atoms with E-state index in [2.05, 4.69) is 31.9 Å². The lowest BCUT2D eigenvalue weighted by Crippen LogP contribution is -2.42. The van der Waals surface area contributed by atoms with Crippen molar-refractivity contribution in [3.8, 4) is 11.4 Å². The number of aromatic hydroxyl groups is 1. The number of aromatic nitrogens is 2. The van der Waals surface area contributed by atoms with E-state index >= 15 is 0 Å². The number of amides is 2. The molecule has 0 fully saturated rings. The summed E-state index contributed by atoms with van der Waals surface area (Å²) in [7, 11) is 0. The van der Waals surface area contributed by atoms with Crippen molar-refractivity contribution in [2.45, 2.75) is 0 Å². The molecule has 0 saturated heterocycles. The number of hydrogen-bond acceptors (Lipinski definition) is 4. The number of rotatable bonds is 3. The molecule has 0 radical (unpaired) electrons. The van der Waals surface area contributed by atoms with Crippen molar-refractivity contribution < 1.29 is 14.7 Å². The van der Waals surface area contributed by atoms with Gasteiger partial charge in [-0.3, -0.25) is 20.4 Å². The Hall–Kier alpha value is -3.13. The number of hydrogen-bond donors (Lipinski definition) is 3. The van der Waals surface area contributed by atoms with E-state index in [9.17, 15) is 14.7 Å². The Bertz CT molecular complexity index is 925. The van der Waals surface area contributed by atoms with Gasteiger partial charge in [0.15, 0.2) is 11.4 Å². The van der Waals surface area contributed by atoms with Gasteiger partial charge in [-0.15, -0.1) is 0 Å². The first kappa shape index (κ1) is 16.7. The normalized spacial score (nSPS) is 10.3. The van der Waals surface area contributed by atoms with Gasteiger partial charge in [-0.2, -0.15) is 5.10 Å². The Morgan fingerprint density at radius 3 is 2.32 bits per heavy atom. The van der Waals surface area contributed by atoms with Crippen LogP contribution in [0.25, 0.3) is 5.69 Å². The lowest BCUT2D eigenvalue weighted by atomic mass is 10.2. The Labute approximate surface area is 151 Å². The molecular formula is C17H13BrN4O3. The maximum Gasteiger partial charge on any atom is 0.294 e. The fourth-order valence-corrected chi connectivity index (χ4v) is 2.59. The monoisotopic (exact) mass is 400 g/mol. The predicted molar refractivity (Wildman–Crippen MR) is 94.3 cm³/mol. The van der Waals surface area contributed by atoms with Gasteiger partial charge in [-0.25, -0.2) is 4.68 Å². The van der Waals surface area contributed by atoms with E-state index in [4.69, 9.17) is 0 Å². The Balaban J connectivity index is 1.71. The van der Waals surface area contributed by atoms with Crippen molar-refractivity contribution in [1.29, 1.82) is 0 Å². The second kappa shape index (κ2) is 7.18. The molecule has 2 aromatic carbocycles. The minimum atomic E-state index is -0.729. The largest absolute Gasteiger partial charge is 0.504 e. The van der Waals surface area contributed by atoms with Gasteiger partial charge >= 0.3 is 0 Å². The summed E-state index contributed by atoms with van der Waals surface area (Å²) < 4.78 is 1.97. The zero-order valence-electron chi connectivity index (χ0n) is 12.8. The van der Waals surface area contributed by atoms with Gasteiger partial charge in [0.1, 0.15) is 0 Å². The number of para-hydroxylation sites is 1. The standard InChI is InChI=1S/C17H13BrN4O3/c18-13-9-5-4-8-12(13)16(24)19-20-17(25)15-14(23)10-22(21-15)11-6-2-1-3-7-11/h1-10,23H,(H,19,24)(H,20,25). The van der Waals surface area contributed by atoms with Crippen LogP contribution in [0.2, 0.25) is 0 Å². The maximum atomic E-state index is 12.2. The summed E-state index contributed by atoms with van der Waals surface area (Å²) >= 11 is 3.26.